The van der Waals surface area contributed by atoms with Gasteiger partial charge >= 0.3 is 0 Å². The normalized spacial score (nSPS) is 15.1. The molecule has 37 heavy (non-hydrogen) atoms. The Balaban J connectivity index is 1.45. The summed E-state index contributed by atoms with van der Waals surface area (Å²) < 4.78 is 7.99. The molecule has 1 aliphatic rings. The van der Waals surface area contributed by atoms with Crippen LogP contribution in [0.4, 0.5) is 5.69 Å². The number of carbonyl (C=O) groups is 1. The first kappa shape index (κ1) is 26.9. The van der Waals surface area contributed by atoms with Crippen LogP contribution in [0.3, 0.4) is 0 Å². The Bertz CT molecular complexity index is 1270. The second-order valence-electron chi connectivity index (χ2n) is 9.46. The van der Waals surface area contributed by atoms with E-state index in [1.54, 1.807) is 24.4 Å². The summed E-state index contributed by atoms with van der Waals surface area (Å²) in [6.07, 6.45) is 7.79. The molecule has 2 aromatic heterocycles. The van der Waals surface area contributed by atoms with E-state index in [1.165, 1.54) is 12.4 Å². The number of piperidine rings is 1. The molecule has 0 unspecified atom stereocenters. The van der Waals surface area contributed by atoms with Gasteiger partial charge in [-0.1, -0.05) is 23.2 Å². The van der Waals surface area contributed by atoms with Crippen LogP contribution in [0.15, 0.2) is 43.0 Å². The van der Waals surface area contributed by atoms with Crippen molar-refractivity contribution in [2.75, 3.05) is 39.5 Å². The molecule has 3 heterocycles. The number of hydrogen-bond acceptors (Lipinski definition) is 7. The molecule has 1 saturated heterocycles. The van der Waals surface area contributed by atoms with Crippen LogP contribution in [0.2, 0.25) is 10.0 Å². The van der Waals surface area contributed by atoms with Crippen LogP contribution in [0.5, 0.6) is 5.75 Å². The molecule has 1 amide bonds. The van der Waals surface area contributed by atoms with Crippen LogP contribution >= 0.6 is 23.2 Å². The zero-order valence-corrected chi connectivity index (χ0v) is 22.6. The van der Waals surface area contributed by atoms with Crippen molar-refractivity contribution in [1.82, 2.24) is 24.6 Å². The van der Waals surface area contributed by atoms with Gasteiger partial charge in [0.2, 0.25) is 5.91 Å². The van der Waals surface area contributed by atoms with E-state index in [2.05, 4.69) is 10.1 Å². The number of ether oxygens (including phenoxy) is 1. The van der Waals surface area contributed by atoms with Crippen molar-refractivity contribution < 1.29 is 9.53 Å². The van der Waals surface area contributed by atoms with Crippen molar-refractivity contribution in [3.63, 3.8) is 0 Å². The van der Waals surface area contributed by atoms with Gasteiger partial charge in [-0.2, -0.15) is 5.10 Å². The Morgan fingerprint density at radius 3 is 2.54 bits per heavy atom. The van der Waals surface area contributed by atoms with Gasteiger partial charge in [-0.3, -0.25) is 19.9 Å². The number of amides is 1. The van der Waals surface area contributed by atoms with Gasteiger partial charge in [-0.15, -0.1) is 0 Å². The van der Waals surface area contributed by atoms with Crippen LogP contribution in [0.25, 0.3) is 0 Å². The highest BCUT2D eigenvalue weighted by atomic mass is 35.5. The third-order valence-electron chi connectivity index (χ3n) is 6.44. The molecule has 0 spiro atoms. The number of hydrogen-bond donors (Lipinski definition) is 2. The molecule has 4 rings (SSSR count). The maximum Gasteiger partial charge on any atom is 0.236 e. The zero-order valence-electron chi connectivity index (χ0n) is 21.1. The smallest absolute Gasteiger partial charge is 0.236 e. The first-order valence-electron chi connectivity index (χ1n) is 12.0. The summed E-state index contributed by atoms with van der Waals surface area (Å²) >= 11 is 12.6. The minimum absolute atomic E-state index is 0.145. The average molecular weight is 544 g/mol. The lowest BCUT2D eigenvalue weighted by atomic mass is 10.0. The van der Waals surface area contributed by atoms with Crippen LogP contribution in [0.1, 0.15) is 48.6 Å². The topological polar surface area (TPSA) is 113 Å². The highest BCUT2D eigenvalue weighted by Gasteiger charge is 2.25. The third kappa shape index (κ3) is 6.23. The standard InChI is InChI=1S/C26H31Cl2N7O2/c1-16(25-21(27)12-31-13-22(25)28)37-19-4-5-23(29)20(10-19)26(30)17-11-32-35(14-17)18-6-8-34(9-7-18)24(36)15-33(2)3/h4-5,10-14,16,18,30H,6-9,15,29H2,1-3H3/t16-/m1/s1. The molecule has 196 valence electrons. The molecular formula is C26H31Cl2N7O2. The molecule has 1 aromatic carbocycles. The maximum absolute atomic E-state index is 12.3. The van der Waals surface area contributed by atoms with Crippen molar-refractivity contribution in [3.8, 4) is 5.75 Å². The number of likely N-dealkylation sites (tertiary alicyclic amines) is 1. The van der Waals surface area contributed by atoms with E-state index in [1.807, 2.05) is 41.7 Å². The molecule has 1 atom stereocenters. The number of nitrogen functional groups attached to an aromatic ring is 1. The Kier molecular flexibility index (Phi) is 8.36. The monoisotopic (exact) mass is 543 g/mol. The first-order chi connectivity index (χ1) is 17.6. The molecule has 9 nitrogen and oxygen atoms in total. The molecular weight excluding hydrogens is 513 g/mol. The number of carbonyl (C=O) groups excluding carboxylic acids is 1. The third-order valence-corrected chi connectivity index (χ3v) is 7.04. The van der Waals surface area contributed by atoms with Gasteiger partial charge < -0.3 is 20.3 Å². The molecule has 0 radical (unpaired) electrons. The van der Waals surface area contributed by atoms with Crippen LogP contribution in [-0.2, 0) is 4.79 Å². The number of anilines is 1. The predicted octanol–water partition coefficient (Wildman–Crippen LogP) is 4.45. The first-order valence-corrected chi connectivity index (χ1v) is 12.8. The molecule has 0 bridgehead atoms. The highest BCUT2D eigenvalue weighted by Crippen LogP contribution is 2.33. The van der Waals surface area contributed by atoms with Crippen molar-refractivity contribution in [2.45, 2.75) is 31.9 Å². The Morgan fingerprint density at radius 1 is 1.22 bits per heavy atom. The second-order valence-corrected chi connectivity index (χ2v) is 10.3. The second kappa shape index (κ2) is 11.5. The van der Waals surface area contributed by atoms with Gasteiger partial charge in [-0.25, -0.2) is 0 Å². The van der Waals surface area contributed by atoms with Crippen LogP contribution < -0.4 is 10.5 Å². The van der Waals surface area contributed by atoms with Gasteiger partial charge in [-0.05, 0) is 52.1 Å². The number of nitrogens with one attached hydrogen (secondary N) is 1. The Hall–Kier alpha value is -3.14. The quantitative estimate of drug-likeness (QED) is 0.320. The van der Waals surface area contributed by atoms with Crippen molar-refractivity contribution in [1.29, 1.82) is 5.41 Å². The van der Waals surface area contributed by atoms with E-state index in [0.29, 0.717) is 57.8 Å². The van der Waals surface area contributed by atoms with E-state index in [4.69, 9.17) is 39.1 Å². The van der Waals surface area contributed by atoms with Gasteiger partial charge in [0, 0.05) is 54.1 Å². The zero-order chi connectivity index (χ0) is 26.7. The summed E-state index contributed by atoms with van der Waals surface area (Å²) in [6, 6.07) is 5.38. The summed E-state index contributed by atoms with van der Waals surface area (Å²) in [5, 5.41) is 14.2. The predicted molar refractivity (Wildman–Crippen MR) is 146 cm³/mol. The number of halogens is 2. The summed E-state index contributed by atoms with van der Waals surface area (Å²) in [7, 11) is 3.79. The summed E-state index contributed by atoms with van der Waals surface area (Å²) in [6.45, 7) is 3.65. The number of benzene rings is 1. The van der Waals surface area contributed by atoms with E-state index < -0.39 is 6.10 Å². The van der Waals surface area contributed by atoms with Crippen LogP contribution in [0, 0.1) is 5.41 Å². The number of nitrogens with two attached hydrogens (primary N) is 1. The average Bonchev–Trinajstić information content (AvgIpc) is 3.35. The molecule has 11 heteroatoms. The van der Waals surface area contributed by atoms with E-state index in [9.17, 15) is 4.79 Å². The lowest BCUT2D eigenvalue weighted by molar-refractivity contribution is -0.133. The van der Waals surface area contributed by atoms with Crippen molar-refractivity contribution in [3.05, 3.63) is 69.7 Å². The summed E-state index contributed by atoms with van der Waals surface area (Å²) in [5.74, 6) is 0.680. The number of rotatable bonds is 8. The molecule has 1 fully saturated rings. The molecule has 3 aromatic rings. The van der Waals surface area contributed by atoms with E-state index >= 15 is 0 Å². The SMILES string of the molecule is C[C@@H](Oc1ccc(N)c(C(=N)c2cnn(C3CCN(C(=O)CN(C)C)CC3)c2)c1)c1c(Cl)cncc1Cl. The minimum Gasteiger partial charge on any atom is -0.486 e. The molecule has 3 N–H and O–H groups in total. The van der Waals surface area contributed by atoms with Gasteiger partial charge in [0.15, 0.2) is 0 Å². The number of aromatic nitrogens is 3. The van der Waals surface area contributed by atoms with Crippen LogP contribution in [-0.4, -0.2) is 69.9 Å². The number of nitrogens with zero attached hydrogens (tertiary/aromatic N) is 5. The minimum atomic E-state index is -0.438. The fraction of sp³-hybridized carbons (Fsp3) is 0.385. The Labute approximate surface area is 226 Å². The van der Waals surface area contributed by atoms with Gasteiger partial charge in [0.05, 0.1) is 34.5 Å². The van der Waals surface area contributed by atoms with Crippen molar-refractivity contribution in [2.24, 2.45) is 0 Å². The van der Waals surface area contributed by atoms with E-state index in [-0.39, 0.29) is 17.7 Å². The van der Waals surface area contributed by atoms with Gasteiger partial charge in [0.1, 0.15) is 11.9 Å². The molecule has 1 aliphatic heterocycles. The summed E-state index contributed by atoms with van der Waals surface area (Å²) in [4.78, 5) is 20.1. The number of pyridine rings is 1. The molecule has 0 saturated carbocycles. The largest absolute Gasteiger partial charge is 0.486 e. The lowest BCUT2D eigenvalue weighted by Gasteiger charge is -2.32. The highest BCUT2D eigenvalue weighted by molar-refractivity contribution is 6.35. The molecule has 0 aliphatic carbocycles. The van der Waals surface area contributed by atoms with Gasteiger partial charge in [0.25, 0.3) is 0 Å². The Morgan fingerprint density at radius 2 is 1.89 bits per heavy atom. The van der Waals surface area contributed by atoms with Crippen molar-refractivity contribution >= 4 is 40.5 Å². The lowest BCUT2D eigenvalue weighted by Crippen LogP contribution is -2.43. The summed E-state index contributed by atoms with van der Waals surface area (Å²) in [5.41, 5.74) is 8.78. The fourth-order valence-electron chi connectivity index (χ4n) is 4.47. The fourth-order valence-corrected chi connectivity index (χ4v) is 5.14. The van der Waals surface area contributed by atoms with E-state index in [0.717, 1.165) is 12.8 Å². The maximum atomic E-state index is 12.3. The number of likely N-dealkylation sites (N-methyl/N-ethyl adjacent to an activating group) is 1.